The van der Waals surface area contributed by atoms with E-state index in [-0.39, 0.29) is 11.9 Å². The van der Waals surface area contributed by atoms with Crippen molar-refractivity contribution in [1.29, 1.82) is 0 Å². The van der Waals surface area contributed by atoms with Gasteiger partial charge < -0.3 is 10.1 Å². The predicted octanol–water partition coefficient (Wildman–Crippen LogP) is 4.37. The molecule has 0 rings (SSSR count). The van der Waals surface area contributed by atoms with Crippen molar-refractivity contribution < 1.29 is 14.3 Å². The molecule has 0 radical (unpaired) electrons. The second-order valence-corrected chi connectivity index (χ2v) is 6.04. The molecule has 0 fully saturated rings. The first-order valence-electron chi connectivity index (χ1n) is 9.07. The molecule has 0 aromatic rings. The summed E-state index contributed by atoms with van der Waals surface area (Å²) >= 11 is 0. The Bertz CT molecular complexity index is 292. The maximum absolute atomic E-state index is 11.7. The van der Waals surface area contributed by atoms with E-state index in [4.69, 9.17) is 4.74 Å². The molecule has 4 nitrogen and oxygen atoms in total. The number of amides is 1. The Morgan fingerprint density at radius 3 is 1.95 bits per heavy atom. The monoisotopic (exact) mass is 313 g/mol. The zero-order valence-corrected chi connectivity index (χ0v) is 14.8. The molecule has 1 N–H and O–H groups in total. The normalized spacial score (nSPS) is 12.0. The molecule has 0 aliphatic carbocycles. The second-order valence-electron chi connectivity index (χ2n) is 6.04. The first-order chi connectivity index (χ1) is 10.6. The molecule has 130 valence electrons. The van der Waals surface area contributed by atoms with Gasteiger partial charge in [-0.05, 0) is 19.8 Å². The highest BCUT2D eigenvalue weighted by Crippen LogP contribution is 2.10. The fourth-order valence-electron chi connectivity index (χ4n) is 2.30. The van der Waals surface area contributed by atoms with Crippen LogP contribution in [0, 0.1) is 0 Å². The van der Waals surface area contributed by atoms with Crippen LogP contribution in [0.1, 0.15) is 91.4 Å². The van der Waals surface area contributed by atoms with Crippen LogP contribution in [-0.2, 0) is 14.3 Å². The average Bonchev–Trinajstić information content (AvgIpc) is 2.50. The van der Waals surface area contributed by atoms with Crippen molar-refractivity contribution in [2.24, 2.45) is 0 Å². The highest BCUT2D eigenvalue weighted by atomic mass is 16.5. The summed E-state index contributed by atoms with van der Waals surface area (Å²) in [7, 11) is 0. The lowest BCUT2D eigenvalue weighted by Crippen LogP contribution is -2.39. The lowest BCUT2D eigenvalue weighted by Gasteiger charge is -2.12. The SMILES string of the molecule is CCCCCCCCCCCC(=O)N[C@@H](C)C(=O)OCCC. The van der Waals surface area contributed by atoms with Gasteiger partial charge in [-0.3, -0.25) is 4.79 Å². The molecule has 0 heterocycles. The third kappa shape index (κ3) is 12.7. The summed E-state index contributed by atoms with van der Waals surface area (Å²) in [5, 5.41) is 2.70. The van der Waals surface area contributed by atoms with Crippen molar-refractivity contribution in [3.8, 4) is 0 Å². The Morgan fingerprint density at radius 1 is 0.864 bits per heavy atom. The fourth-order valence-corrected chi connectivity index (χ4v) is 2.30. The fraction of sp³-hybridized carbons (Fsp3) is 0.889. The van der Waals surface area contributed by atoms with Gasteiger partial charge in [-0.2, -0.15) is 0 Å². The van der Waals surface area contributed by atoms with Crippen molar-refractivity contribution in [3.63, 3.8) is 0 Å². The zero-order valence-electron chi connectivity index (χ0n) is 14.8. The van der Waals surface area contributed by atoms with Gasteiger partial charge in [-0.1, -0.05) is 65.2 Å². The van der Waals surface area contributed by atoms with Crippen LogP contribution in [0.15, 0.2) is 0 Å². The molecule has 1 amide bonds. The number of ether oxygens (including phenoxy) is 1. The molecule has 0 aliphatic rings. The second kappa shape index (κ2) is 14.9. The van der Waals surface area contributed by atoms with E-state index in [1.54, 1.807) is 6.92 Å². The van der Waals surface area contributed by atoms with Crippen LogP contribution < -0.4 is 5.32 Å². The maximum Gasteiger partial charge on any atom is 0.328 e. The van der Waals surface area contributed by atoms with Crippen LogP contribution >= 0.6 is 0 Å². The number of unbranched alkanes of at least 4 members (excludes halogenated alkanes) is 8. The van der Waals surface area contributed by atoms with E-state index in [0.29, 0.717) is 13.0 Å². The highest BCUT2D eigenvalue weighted by Gasteiger charge is 2.16. The summed E-state index contributed by atoms with van der Waals surface area (Å²) in [5.74, 6) is -0.397. The zero-order chi connectivity index (χ0) is 16.6. The van der Waals surface area contributed by atoms with Crippen molar-refractivity contribution in [3.05, 3.63) is 0 Å². The van der Waals surface area contributed by atoms with E-state index in [1.165, 1.54) is 44.9 Å². The molecule has 0 unspecified atom stereocenters. The first-order valence-corrected chi connectivity index (χ1v) is 9.07. The molecule has 1 atom stereocenters. The van der Waals surface area contributed by atoms with Gasteiger partial charge in [0.05, 0.1) is 6.61 Å². The summed E-state index contributed by atoms with van der Waals surface area (Å²) in [5.41, 5.74) is 0. The van der Waals surface area contributed by atoms with Gasteiger partial charge in [0.2, 0.25) is 5.91 Å². The van der Waals surface area contributed by atoms with Crippen molar-refractivity contribution >= 4 is 11.9 Å². The minimum absolute atomic E-state index is 0.0519. The van der Waals surface area contributed by atoms with Crippen LogP contribution in [-0.4, -0.2) is 24.5 Å². The summed E-state index contributed by atoms with van der Waals surface area (Å²) in [6.45, 7) is 6.26. The Balaban J connectivity index is 3.47. The summed E-state index contributed by atoms with van der Waals surface area (Å²) in [6, 6.07) is -0.544. The van der Waals surface area contributed by atoms with E-state index < -0.39 is 6.04 Å². The standard InChI is InChI=1S/C18H35NO3/c1-4-6-7-8-9-10-11-12-13-14-17(20)19-16(3)18(21)22-15-5-2/h16H,4-15H2,1-3H3,(H,19,20)/t16-/m0/s1. The minimum atomic E-state index is -0.544. The van der Waals surface area contributed by atoms with Crippen LogP contribution in [0.3, 0.4) is 0 Å². The van der Waals surface area contributed by atoms with Gasteiger partial charge >= 0.3 is 5.97 Å². The molecule has 0 aliphatic heterocycles. The molecule has 0 saturated heterocycles. The number of hydrogen-bond donors (Lipinski definition) is 1. The number of carbonyl (C=O) groups is 2. The number of hydrogen-bond acceptors (Lipinski definition) is 3. The molecular weight excluding hydrogens is 278 g/mol. The number of rotatable bonds is 14. The van der Waals surface area contributed by atoms with E-state index in [9.17, 15) is 9.59 Å². The van der Waals surface area contributed by atoms with Crippen LogP contribution in [0.4, 0.5) is 0 Å². The van der Waals surface area contributed by atoms with Gasteiger partial charge in [0.1, 0.15) is 6.04 Å². The van der Waals surface area contributed by atoms with E-state index in [2.05, 4.69) is 12.2 Å². The lowest BCUT2D eigenvalue weighted by atomic mass is 10.1. The van der Waals surface area contributed by atoms with Crippen LogP contribution in [0.2, 0.25) is 0 Å². The molecule has 0 saturated carbocycles. The van der Waals surface area contributed by atoms with Gasteiger partial charge in [-0.15, -0.1) is 0 Å². The van der Waals surface area contributed by atoms with Gasteiger partial charge in [0.15, 0.2) is 0 Å². The topological polar surface area (TPSA) is 55.4 Å². The van der Waals surface area contributed by atoms with Gasteiger partial charge in [-0.25, -0.2) is 4.79 Å². The lowest BCUT2D eigenvalue weighted by molar-refractivity contribution is -0.147. The Morgan fingerprint density at radius 2 is 1.41 bits per heavy atom. The summed E-state index contributed by atoms with van der Waals surface area (Å²) < 4.78 is 5.00. The number of carbonyl (C=O) groups excluding carboxylic acids is 2. The minimum Gasteiger partial charge on any atom is -0.464 e. The van der Waals surface area contributed by atoms with Crippen LogP contribution in [0.5, 0.6) is 0 Å². The van der Waals surface area contributed by atoms with Crippen molar-refractivity contribution in [2.75, 3.05) is 6.61 Å². The Hall–Kier alpha value is -1.06. The summed E-state index contributed by atoms with van der Waals surface area (Å²) in [4.78, 5) is 23.2. The first kappa shape index (κ1) is 20.9. The van der Waals surface area contributed by atoms with Crippen molar-refractivity contribution in [2.45, 2.75) is 97.4 Å². The molecule has 22 heavy (non-hydrogen) atoms. The third-order valence-corrected chi connectivity index (χ3v) is 3.69. The van der Waals surface area contributed by atoms with E-state index in [1.807, 2.05) is 6.92 Å². The molecule has 4 heteroatoms. The van der Waals surface area contributed by atoms with E-state index in [0.717, 1.165) is 19.3 Å². The molecule has 0 bridgehead atoms. The van der Waals surface area contributed by atoms with Crippen LogP contribution in [0.25, 0.3) is 0 Å². The Labute approximate surface area is 136 Å². The predicted molar refractivity (Wildman–Crippen MR) is 90.7 cm³/mol. The smallest absolute Gasteiger partial charge is 0.328 e. The quantitative estimate of drug-likeness (QED) is 0.383. The van der Waals surface area contributed by atoms with E-state index >= 15 is 0 Å². The molecular formula is C18H35NO3. The highest BCUT2D eigenvalue weighted by molar-refractivity contribution is 5.84. The average molecular weight is 313 g/mol. The third-order valence-electron chi connectivity index (χ3n) is 3.69. The number of esters is 1. The van der Waals surface area contributed by atoms with Crippen molar-refractivity contribution in [1.82, 2.24) is 5.32 Å². The molecule has 0 aromatic carbocycles. The van der Waals surface area contributed by atoms with Gasteiger partial charge in [0.25, 0.3) is 0 Å². The number of nitrogens with one attached hydrogen (secondary N) is 1. The largest absolute Gasteiger partial charge is 0.464 e. The Kier molecular flexibility index (Phi) is 14.1. The molecule has 0 aromatic heterocycles. The molecule has 0 spiro atoms. The maximum atomic E-state index is 11.7. The van der Waals surface area contributed by atoms with Gasteiger partial charge in [0, 0.05) is 6.42 Å². The summed E-state index contributed by atoms with van der Waals surface area (Å²) in [6.07, 6.45) is 12.4.